The van der Waals surface area contributed by atoms with E-state index in [1.54, 1.807) is 16.7 Å². The van der Waals surface area contributed by atoms with Crippen LogP contribution in [0.2, 0.25) is 0 Å². The van der Waals surface area contributed by atoms with E-state index in [1.165, 1.54) is 0 Å². The van der Waals surface area contributed by atoms with Crippen LogP contribution in [-0.4, -0.2) is 39.0 Å². The SMILES string of the molecule is CC(C)(C)OC(=O)C1CSC2(C)CCC(=O)N12. The van der Waals surface area contributed by atoms with Crippen molar-refractivity contribution >= 4 is 23.6 Å². The number of fused-ring (bicyclic) bond motifs is 1. The summed E-state index contributed by atoms with van der Waals surface area (Å²) in [6.07, 6.45) is 1.37. The molecule has 2 aliphatic rings. The molecule has 0 aromatic rings. The van der Waals surface area contributed by atoms with Gasteiger partial charge >= 0.3 is 5.97 Å². The first-order chi connectivity index (χ1) is 7.73. The molecule has 0 spiro atoms. The molecule has 2 fully saturated rings. The lowest BCUT2D eigenvalue weighted by Gasteiger charge is -2.31. The van der Waals surface area contributed by atoms with Gasteiger partial charge in [0.15, 0.2) is 0 Å². The minimum Gasteiger partial charge on any atom is -0.458 e. The third-order valence-electron chi connectivity index (χ3n) is 3.12. The van der Waals surface area contributed by atoms with Crippen LogP contribution in [0, 0.1) is 0 Å². The fraction of sp³-hybridized carbons (Fsp3) is 0.833. The molecule has 2 unspecified atom stereocenters. The minimum absolute atomic E-state index is 0.0772. The van der Waals surface area contributed by atoms with Crippen molar-refractivity contribution in [2.75, 3.05) is 5.75 Å². The monoisotopic (exact) mass is 257 g/mol. The molecule has 0 aromatic carbocycles. The molecular formula is C12H19NO3S. The molecule has 2 aliphatic heterocycles. The van der Waals surface area contributed by atoms with E-state index in [0.29, 0.717) is 12.2 Å². The topological polar surface area (TPSA) is 46.6 Å². The maximum absolute atomic E-state index is 12.1. The average Bonchev–Trinajstić information content (AvgIpc) is 2.62. The lowest BCUT2D eigenvalue weighted by Crippen LogP contribution is -2.48. The highest BCUT2D eigenvalue weighted by Crippen LogP contribution is 2.47. The zero-order valence-electron chi connectivity index (χ0n) is 10.8. The number of hydrogen-bond acceptors (Lipinski definition) is 4. The van der Waals surface area contributed by atoms with Gasteiger partial charge in [-0.3, -0.25) is 4.79 Å². The van der Waals surface area contributed by atoms with Crippen molar-refractivity contribution in [3.8, 4) is 0 Å². The molecule has 2 saturated heterocycles. The molecule has 0 radical (unpaired) electrons. The van der Waals surface area contributed by atoms with Gasteiger partial charge in [0.05, 0.1) is 4.87 Å². The van der Waals surface area contributed by atoms with Crippen molar-refractivity contribution in [3.05, 3.63) is 0 Å². The summed E-state index contributed by atoms with van der Waals surface area (Å²) in [5.41, 5.74) is -0.497. The summed E-state index contributed by atoms with van der Waals surface area (Å²) in [6.45, 7) is 7.57. The Labute approximate surface area is 106 Å². The largest absolute Gasteiger partial charge is 0.458 e. The summed E-state index contributed by atoms with van der Waals surface area (Å²) in [5, 5.41) is 0. The van der Waals surface area contributed by atoms with Gasteiger partial charge in [-0.2, -0.15) is 0 Å². The highest BCUT2D eigenvalue weighted by molar-refractivity contribution is 8.01. The van der Waals surface area contributed by atoms with Crippen molar-refractivity contribution in [1.82, 2.24) is 4.90 Å². The first kappa shape index (κ1) is 12.7. The molecule has 96 valence electrons. The fourth-order valence-corrected chi connectivity index (χ4v) is 3.78. The number of carbonyl (C=O) groups excluding carboxylic acids is 2. The summed E-state index contributed by atoms with van der Waals surface area (Å²) >= 11 is 1.69. The van der Waals surface area contributed by atoms with Gasteiger partial charge in [0.2, 0.25) is 5.91 Å². The molecule has 1 amide bonds. The van der Waals surface area contributed by atoms with E-state index in [-0.39, 0.29) is 16.7 Å². The average molecular weight is 257 g/mol. The van der Waals surface area contributed by atoms with Crippen molar-refractivity contribution in [2.45, 2.75) is 57.1 Å². The van der Waals surface area contributed by atoms with Gasteiger partial charge < -0.3 is 9.64 Å². The number of hydrogen-bond donors (Lipinski definition) is 0. The van der Waals surface area contributed by atoms with Gasteiger partial charge in [-0.1, -0.05) is 0 Å². The molecule has 0 saturated carbocycles. The number of carbonyl (C=O) groups is 2. The Morgan fingerprint density at radius 3 is 2.76 bits per heavy atom. The van der Waals surface area contributed by atoms with Crippen LogP contribution in [0.4, 0.5) is 0 Å². The molecule has 17 heavy (non-hydrogen) atoms. The predicted molar refractivity (Wildman–Crippen MR) is 66.6 cm³/mol. The fourth-order valence-electron chi connectivity index (χ4n) is 2.36. The van der Waals surface area contributed by atoms with Crippen LogP contribution in [0.15, 0.2) is 0 Å². The molecule has 0 N–H and O–H groups in total. The van der Waals surface area contributed by atoms with E-state index in [1.807, 2.05) is 27.7 Å². The maximum atomic E-state index is 12.1. The maximum Gasteiger partial charge on any atom is 0.330 e. The van der Waals surface area contributed by atoms with Gasteiger partial charge in [0.25, 0.3) is 0 Å². The van der Waals surface area contributed by atoms with Gasteiger partial charge in [-0.25, -0.2) is 4.79 Å². The Kier molecular flexibility index (Phi) is 2.92. The molecule has 4 nitrogen and oxygen atoms in total. The zero-order chi connectivity index (χ0) is 12.8. The van der Waals surface area contributed by atoms with Crippen LogP contribution < -0.4 is 0 Å². The Morgan fingerprint density at radius 1 is 1.53 bits per heavy atom. The zero-order valence-corrected chi connectivity index (χ0v) is 11.6. The smallest absolute Gasteiger partial charge is 0.330 e. The van der Waals surface area contributed by atoms with Crippen molar-refractivity contribution < 1.29 is 14.3 Å². The van der Waals surface area contributed by atoms with Crippen molar-refractivity contribution in [3.63, 3.8) is 0 Å². The predicted octanol–water partition coefficient (Wildman–Crippen LogP) is 1.78. The standard InChI is InChI=1S/C12H19NO3S/c1-11(2,3)16-10(15)8-7-17-12(4)6-5-9(14)13(8)12/h8H,5-7H2,1-4H3. The molecule has 0 aromatic heterocycles. The molecule has 2 rings (SSSR count). The van der Waals surface area contributed by atoms with Crippen LogP contribution in [0.25, 0.3) is 0 Å². The molecule has 0 bridgehead atoms. The second kappa shape index (κ2) is 3.90. The molecule has 5 heteroatoms. The molecular weight excluding hydrogens is 238 g/mol. The van der Waals surface area contributed by atoms with E-state index >= 15 is 0 Å². The first-order valence-corrected chi connectivity index (χ1v) is 6.90. The number of rotatable bonds is 1. The Hall–Kier alpha value is -0.710. The lowest BCUT2D eigenvalue weighted by molar-refractivity contribution is -0.163. The van der Waals surface area contributed by atoms with E-state index < -0.39 is 11.6 Å². The summed E-state index contributed by atoms with van der Waals surface area (Å²) in [4.78, 5) is 25.4. The van der Waals surface area contributed by atoms with Crippen LogP contribution in [0.1, 0.15) is 40.5 Å². The van der Waals surface area contributed by atoms with E-state index in [2.05, 4.69) is 0 Å². The summed E-state index contributed by atoms with van der Waals surface area (Å²) in [5.74, 6) is 0.453. The molecule has 2 heterocycles. The number of nitrogens with zero attached hydrogens (tertiary/aromatic N) is 1. The number of ether oxygens (including phenoxy) is 1. The second-order valence-electron chi connectivity index (χ2n) is 5.80. The Balaban J connectivity index is 2.13. The van der Waals surface area contributed by atoms with Gasteiger partial charge in [-0.05, 0) is 34.1 Å². The quantitative estimate of drug-likeness (QED) is 0.672. The van der Waals surface area contributed by atoms with Crippen molar-refractivity contribution in [2.24, 2.45) is 0 Å². The summed E-state index contributed by atoms with van der Waals surface area (Å²) in [7, 11) is 0. The lowest BCUT2D eigenvalue weighted by atomic mass is 10.2. The number of esters is 1. The van der Waals surface area contributed by atoms with Gasteiger partial charge in [0, 0.05) is 12.2 Å². The minimum atomic E-state index is -0.497. The normalized spacial score (nSPS) is 32.8. The third-order valence-corrected chi connectivity index (χ3v) is 4.63. The first-order valence-electron chi connectivity index (χ1n) is 5.92. The highest BCUT2D eigenvalue weighted by Gasteiger charge is 2.53. The molecule has 2 atom stereocenters. The number of thioether (sulfide) groups is 1. The van der Waals surface area contributed by atoms with Crippen LogP contribution in [-0.2, 0) is 14.3 Å². The van der Waals surface area contributed by atoms with Crippen molar-refractivity contribution in [1.29, 1.82) is 0 Å². The summed E-state index contributed by atoms with van der Waals surface area (Å²) < 4.78 is 5.38. The van der Waals surface area contributed by atoms with E-state index in [0.717, 1.165) is 6.42 Å². The van der Waals surface area contributed by atoms with Gasteiger partial charge in [-0.15, -0.1) is 11.8 Å². The van der Waals surface area contributed by atoms with Gasteiger partial charge in [0.1, 0.15) is 11.6 Å². The Bertz CT molecular complexity index is 363. The van der Waals surface area contributed by atoms with E-state index in [4.69, 9.17) is 4.74 Å². The van der Waals surface area contributed by atoms with Crippen LogP contribution in [0.5, 0.6) is 0 Å². The second-order valence-corrected chi connectivity index (χ2v) is 7.30. The highest BCUT2D eigenvalue weighted by atomic mass is 32.2. The Morgan fingerprint density at radius 2 is 2.18 bits per heavy atom. The van der Waals surface area contributed by atoms with Crippen LogP contribution >= 0.6 is 11.8 Å². The summed E-state index contributed by atoms with van der Waals surface area (Å²) in [6, 6.07) is -0.403. The number of amides is 1. The van der Waals surface area contributed by atoms with Crippen LogP contribution in [0.3, 0.4) is 0 Å². The third kappa shape index (κ3) is 2.30. The van der Waals surface area contributed by atoms with E-state index in [9.17, 15) is 9.59 Å². The molecule has 0 aliphatic carbocycles.